The van der Waals surface area contributed by atoms with Gasteiger partial charge in [-0.2, -0.15) is 17.9 Å². The zero-order valence-electron chi connectivity index (χ0n) is 17.1. The van der Waals surface area contributed by atoms with E-state index in [4.69, 9.17) is 6.42 Å². The zero-order valence-corrected chi connectivity index (χ0v) is 17.9. The first kappa shape index (κ1) is 23.6. The summed E-state index contributed by atoms with van der Waals surface area (Å²) in [6.45, 7) is 1.12. The second kappa shape index (κ2) is 9.63. The molecule has 0 saturated carbocycles. The highest BCUT2D eigenvalue weighted by Crippen LogP contribution is 2.36. The van der Waals surface area contributed by atoms with Crippen LogP contribution in [0.2, 0.25) is 0 Å². The first-order chi connectivity index (χ1) is 15.1. The van der Waals surface area contributed by atoms with Crippen LogP contribution in [0.4, 0.5) is 24.5 Å². The monoisotopic (exact) mass is 465 g/mol. The Morgan fingerprint density at radius 3 is 2.47 bits per heavy atom. The van der Waals surface area contributed by atoms with Gasteiger partial charge in [0.2, 0.25) is 10.0 Å². The number of amides is 1. The lowest BCUT2D eigenvalue weighted by Gasteiger charge is -2.31. The van der Waals surface area contributed by atoms with Crippen LogP contribution in [-0.4, -0.2) is 34.0 Å². The fourth-order valence-electron chi connectivity index (χ4n) is 3.44. The number of benzene rings is 2. The SMILES string of the molecule is C#CCNS(=O)(=O)c1cccc(C(=O)Nc2cc(C(F)(F)F)ccc2N2CCCCC2)c1. The number of hydrogen-bond donors (Lipinski definition) is 2. The highest BCUT2D eigenvalue weighted by atomic mass is 32.2. The quantitative estimate of drug-likeness (QED) is 0.635. The molecule has 0 aromatic heterocycles. The second-order valence-corrected chi connectivity index (χ2v) is 9.05. The van der Waals surface area contributed by atoms with Gasteiger partial charge in [0, 0.05) is 18.7 Å². The summed E-state index contributed by atoms with van der Waals surface area (Å²) in [5.41, 5.74) is -0.394. The largest absolute Gasteiger partial charge is 0.416 e. The van der Waals surface area contributed by atoms with E-state index in [1.165, 1.54) is 24.3 Å². The Morgan fingerprint density at radius 1 is 1.09 bits per heavy atom. The molecule has 2 aromatic carbocycles. The molecule has 1 amide bonds. The van der Waals surface area contributed by atoms with Crippen molar-refractivity contribution in [1.82, 2.24) is 4.72 Å². The first-order valence-corrected chi connectivity index (χ1v) is 11.4. The summed E-state index contributed by atoms with van der Waals surface area (Å²) in [4.78, 5) is 14.6. The fourth-order valence-corrected chi connectivity index (χ4v) is 4.42. The summed E-state index contributed by atoms with van der Waals surface area (Å²) in [7, 11) is -3.93. The summed E-state index contributed by atoms with van der Waals surface area (Å²) in [6.07, 6.45) is 3.34. The Labute approximate surface area is 184 Å². The Kier molecular flexibility index (Phi) is 7.11. The van der Waals surface area contributed by atoms with Crippen LogP contribution in [0.5, 0.6) is 0 Å². The number of halogens is 3. The minimum atomic E-state index is -4.57. The van der Waals surface area contributed by atoms with Gasteiger partial charge in [-0.05, 0) is 55.7 Å². The average Bonchev–Trinajstić information content (AvgIpc) is 2.78. The molecule has 1 aliphatic rings. The molecule has 32 heavy (non-hydrogen) atoms. The molecule has 0 radical (unpaired) electrons. The molecule has 3 rings (SSSR count). The molecule has 1 heterocycles. The number of terminal acetylenes is 1. The molecule has 0 spiro atoms. The van der Waals surface area contributed by atoms with Crippen LogP contribution in [0.1, 0.15) is 35.2 Å². The molecule has 1 fully saturated rings. The third-order valence-corrected chi connectivity index (χ3v) is 6.44. The van der Waals surface area contributed by atoms with E-state index in [-0.39, 0.29) is 22.7 Å². The van der Waals surface area contributed by atoms with Crippen LogP contribution in [0.15, 0.2) is 47.4 Å². The van der Waals surface area contributed by atoms with Crippen molar-refractivity contribution in [2.75, 3.05) is 29.9 Å². The van der Waals surface area contributed by atoms with Crippen molar-refractivity contribution in [3.8, 4) is 12.3 Å². The number of nitrogens with one attached hydrogen (secondary N) is 2. The second-order valence-electron chi connectivity index (χ2n) is 7.29. The summed E-state index contributed by atoms with van der Waals surface area (Å²) in [6, 6.07) is 8.43. The van der Waals surface area contributed by atoms with Gasteiger partial charge in [-0.1, -0.05) is 12.0 Å². The summed E-state index contributed by atoms with van der Waals surface area (Å²) < 4.78 is 66.6. The molecule has 0 bridgehead atoms. The van der Waals surface area contributed by atoms with Gasteiger partial charge in [-0.15, -0.1) is 6.42 Å². The normalized spacial score (nSPS) is 14.6. The number of sulfonamides is 1. The van der Waals surface area contributed by atoms with Crippen LogP contribution < -0.4 is 14.9 Å². The summed E-state index contributed by atoms with van der Waals surface area (Å²) in [5.74, 6) is 1.43. The van der Waals surface area contributed by atoms with Gasteiger partial charge < -0.3 is 10.2 Å². The molecule has 10 heteroatoms. The number of nitrogens with zero attached hydrogens (tertiary/aromatic N) is 1. The predicted octanol–water partition coefficient (Wildman–Crippen LogP) is 3.86. The van der Waals surface area contributed by atoms with E-state index in [1.807, 2.05) is 4.90 Å². The number of carbonyl (C=O) groups is 1. The van der Waals surface area contributed by atoms with Crippen molar-refractivity contribution < 1.29 is 26.4 Å². The van der Waals surface area contributed by atoms with Crippen molar-refractivity contribution in [1.29, 1.82) is 0 Å². The average molecular weight is 465 g/mol. The van der Waals surface area contributed by atoms with Gasteiger partial charge >= 0.3 is 6.18 Å². The van der Waals surface area contributed by atoms with Crippen molar-refractivity contribution >= 4 is 27.3 Å². The molecular formula is C22H22F3N3O3S. The molecule has 0 aliphatic carbocycles. The van der Waals surface area contributed by atoms with Gasteiger partial charge in [0.15, 0.2) is 0 Å². The van der Waals surface area contributed by atoms with Crippen molar-refractivity contribution in [2.24, 2.45) is 0 Å². The van der Waals surface area contributed by atoms with Gasteiger partial charge in [0.25, 0.3) is 5.91 Å². The molecular weight excluding hydrogens is 443 g/mol. The zero-order chi connectivity index (χ0) is 23.4. The predicted molar refractivity (Wildman–Crippen MR) is 116 cm³/mol. The Hall–Kier alpha value is -3.03. The van der Waals surface area contributed by atoms with Gasteiger partial charge in [-0.25, -0.2) is 8.42 Å². The van der Waals surface area contributed by atoms with Crippen molar-refractivity contribution in [3.63, 3.8) is 0 Å². The lowest BCUT2D eigenvalue weighted by atomic mass is 10.1. The maximum Gasteiger partial charge on any atom is 0.416 e. The Balaban J connectivity index is 1.93. The number of rotatable bonds is 6. The highest BCUT2D eigenvalue weighted by Gasteiger charge is 2.32. The molecule has 1 aliphatic heterocycles. The van der Waals surface area contributed by atoms with Gasteiger partial charge in [-0.3, -0.25) is 4.79 Å². The molecule has 1 saturated heterocycles. The van der Waals surface area contributed by atoms with Crippen molar-refractivity contribution in [3.05, 3.63) is 53.6 Å². The first-order valence-electron chi connectivity index (χ1n) is 9.92. The lowest BCUT2D eigenvalue weighted by molar-refractivity contribution is -0.137. The van der Waals surface area contributed by atoms with Crippen LogP contribution in [0, 0.1) is 12.3 Å². The van der Waals surface area contributed by atoms with E-state index in [9.17, 15) is 26.4 Å². The van der Waals surface area contributed by atoms with Gasteiger partial charge in [0.1, 0.15) is 0 Å². The number of alkyl halides is 3. The number of piperidine rings is 1. The lowest BCUT2D eigenvalue weighted by Crippen LogP contribution is -2.30. The number of carbonyl (C=O) groups excluding carboxylic acids is 1. The maximum atomic E-state index is 13.3. The van der Waals surface area contributed by atoms with Crippen LogP contribution in [-0.2, 0) is 16.2 Å². The molecule has 0 atom stereocenters. The van der Waals surface area contributed by atoms with Crippen LogP contribution in [0.3, 0.4) is 0 Å². The highest BCUT2D eigenvalue weighted by molar-refractivity contribution is 7.89. The molecule has 2 aromatic rings. The van der Waals surface area contributed by atoms with E-state index in [1.54, 1.807) is 0 Å². The fraction of sp³-hybridized carbons (Fsp3) is 0.318. The number of anilines is 2. The molecule has 170 valence electrons. The van der Waals surface area contributed by atoms with E-state index < -0.39 is 27.7 Å². The van der Waals surface area contributed by atoms with Crippen LogP contribution in [0.25, 0.3) is 0 Å². The van der Waals surface area contributed by atoms with Crippen molar-refractivity contribution in [2.45, 2.75) is 30.3 Å². The summed E-state index contributed by atoms with van der Waals surface area (Å²) >= 11 is 0. The minimum absolute atomic E-state index is 0.0180. The van der Waals surface area contributed by atoms with E-state index in [0.717, 1.165) is 37.5 Å². The maximum absolute atomic E-state index is 13.3. The minimum Gasteiger partial charge on any atom is -0.370 e. The van der Waals surface area contributed by atoms with Crippen LogP contribution >= 0.6 is 0 Å². The van der Waals surface area contributed by atoms with Gasteiger partial charge in [0.05, 0.1) is 28.4 Å². The summed E-state index contributed by atoms with van der Waals surface area (Å²) in [5, 5.41) is 2.53. The third-order valence-electron chi connectivity index (χ3n) is 5.04. The van der Waals surface area contributed by atoms with E-state index in [2.05, 4.69) is 16.0 Å². The Morgan fingerprint density at radius 2 is 1.81 bits per heavy atom. The molecule has 2 N–H and O–H groups in total. The molecule has 0 unspecified atom stereocenters. The standard InChI is InChI=1S/C22H22F3N3O3S/c1-2-11-26-32(30,31)18-8-6-7-16(14-18)21(29)27-19-15-17(22(23,24)25)9-10-20(19)28-12-4-3-5-13-28/h1,6-10,14-15,26H,3-5,11-13H2,(H,27,29). The topological polar surface area (TPSA) is 78.5 Å². The Bertz CT molecular complexity index is 1140. The molecule has 6 nitrogen and oxygen atoms in total. The number of hydrogen-bond acceptors (Lipinski definition) is 4. The smallest absolute Gasteiger partial charge is 0.370 e. The van der Waals surface area contributed by atoms with E-state index >= 15 is 0 Å². The third kappa shape index (κ3) is 5.60. The van der Waals surface area contributed by atoms with E-state index in [0.29, 0.717) is 18.8 Å².